The van der Waals surface area contributed by atoms with Gasteiger partial charge in [-0.05, 0) is 32.3 Å². The van der Waals surface area contributed by atoms with E-state index >= 15 is 0 Å². The van der Waals surface area contributed by atoms with Gasteiger partial charge in [-0.2, -0.15) is 13.2 Å². The van der Waals surface area contributed by atoms with Crippen LogP contribution in [0.1, 0.15) is 5.56 Å². The molecule has 2 amide bonds. The smallest absolute Gasteiger partial charge is 0.337 e. The van der Waals surface area contributed by atoms with E-state index in [2.05, 4.69) is 10.6 Å². The van der Waals surface area contributed by atoms with Crippen molar-refractivity contribution in [3.63, 3.8) is 0 Å². The van der Waals surface area contributed by atoms with Gasteiger partial charge >= 0.3 is 12.2 Å². The molecule has 0 aromatic heterocycles. The Labute approximate surface area is 119 Å². The number of urea groups is 1. The van der Waals surface area contributed by atoms with Gasteiger partial charge < -0.3 is 15.5 Å². The minimum Gasteiger partial charge on any atom is -0.337 e. The van der Waals surface area contributed by atoms with Crippen molar-refractivity contribution in [1.82, 2.24) is 10.2 Å². The zero-order valence-corrected chi connectivity index (χ0v) is 11.8. The summed E-state index contributed by atoms with van der Waals surface area (Å²) in [5.41, 5.74) is -0.950. The number of rotatable bonds is 4. The van der Waals surface area contributed by atoms with Gasteiger partial charge in [-0.25, -0.2) is 4.79 Å². The van der Waals surface area contributed by atoms with E-state index in [0.717, 1.165) is 12.1 Å². The molecule has 0 radical (unpaired) electrons. The Morgan fingerprint density at radius 1 is 1.35 bits per heavy atom. The average Bonchev–Trinajstić information content (AvgIpc) is 2.29. The zero-order chi connectivity index (χ0) is 15.3. The fourth-order valence-electron chi connectivity index (χ4n) is 1.39. The van der Waals surface area contributed by atoms with Crippen molar-refractivity contribution in [2.24, 2.45) is 0 Å². The van der Waals surface area contributed by atoms with E-state index in [1.165, 1.54) is 6.07 Å². The Morgan fingerprint density at radius 3 is 2.55 bits per heavy atom. The minimum atomic E-state index is -4.56. The number of halogens is 4. The number of nitrogens with zero attached hydrogens (tertiary/aromatic N) is 1. The van der Waals surface area contributed by atoms with Crippen LogP contribution < -0.4 is 10.6 Å². The van der Waals surface area contributed by atoms with E-state index in [4.69, 9.17) is 11.6 Å². The second-order valence-corrected chi connectivity index (χ2v) is 4.78. The lowest BCUT2D eigenvalue weighted by molar-refractivity contribution is -0.137. The Hall–Kier alpha value is -1.47. The quantitative estimate of drug-likeness (QED) is 0.898. The van der Waals surface area contributed by atoms with Gasteiger partial charge in [-0.15, -0.1) is 0 Å². The minimum absolute atomic E-state index is 0.0316. The third kappa shape index (κ3) is 5.26. The summed E-state index contributed by atoms with van der Waals surface area (Å²) in [7, 11) is 3.68. The van der Waals surface area contributed by atoms with Gasteiger partial charge in [0, 0.05) is 18.8 Å². The van der Waals surface area contributed by atoms with Gasteiger partial charge in [0.2, 0.25) is 0 Å². The molecule has 1 aromatic rings. The zero-order valence-electron chi connectivity index (χ0n) is 11.0. The highest BCUT2D eigenvalue weighted by Gasteiger charge is 2.33. The summed E-state index contributed by atoms with van der Waals surface area (Å²) >= 11 is 5.48. The highest BCUT2D eigenvalue weighted by Crippen LogP contribution is 2.36. The lowest BCUT2D eigenvalue weighted by Gasteiger charge is -2.13. The maximum atomic E-state index is 12.6. The second kappa shape index (κ2) is 6.81. The fraction of sp³-hybridized carbons (Fsp3) is 0.417. The summed E-state index contributed by atoms with van der Waals surface area (Å²) in [6, 6.07) is 2.64. The molecule has 0 aliphatic carbocycles. The van der Waals surface area contributed by atoms with Crippen LogP contribution in [-0.2, 0) is 6.18 Å². The third-order valence-electron chi connectivity index (χ3n) is 2.37. The number of carbonyl (C=O) groups is 1. The van der Waals surface area contributed by atoms with E-state index in [1.54, 1.807) is 0 Å². The molecule has 1 aromatic carbocycles. The van der Waals surface area contributed by atoms with E-state index in [0.29, 0.717) is 13.1 Å². The summed E-state index contributed by atoms with van der Waals surface area (Å²) in [5, 5.41) is 4.45. The molecule has 0 fully saturated rings. The Kier molecular flexibility index (Phi) is 5.64. The van der Waals surface area contributed by atoms with Gasteiger partial charge in [0.1, 0.15) is 0 Å². The second-order valence-electron chi connectivity index (χ2n) is 4.38. The number of hydrogen-bond donors (Lipinski definition) is 2. The van der Waals surface area contributed by atoms with Gasteiger partial charge in [-0.1, -0.05) is 11.6 Å². The van der Waals surface area contributed by atoms with Crippen LogP contribution in [0.15, 0.2) is 18.2 Å². The molecule has 1 rings (SSSR count). The number of anilines is 1. The molecule has 0 atom stereocenters. The predicted octanol–water partition coefficient (Wildman–Crippen LogP) is 3.04. The van der Waals surface area contributed by atoms with E-state index in [1.807, 2.05) is 19.0 Å². The van der Waals surface area contributed by atoms with Crippen LogP contribution >= 0.6 is 11.6 Å². The van der Waals surface area contributed by atoms with Gasteiger partial charge in [0.05, 0.1) is 10.6 Å². The third-order valence-corrected chi connectivity index (χ3v) is 2.70. The van der Waals surface area contributed by atoms with E-state index < -0.39 is 22.8 Å². The largest absolute Gasteiger partial charge is 0.417 e. The van der Waals surface area contributed by atoms with Gasteiger partial charge in [0.15, 0.2) is 0 Å². The number of nitrogens with one attached hydrogen (secondary N) is 2. The molecule has 0 bridgehead atoms. The van der Waals surface area contributed by atoms with Crippen molar-refractivity contribution in [2.45, 2.75) is 6.18 Å². The van der Waals surface area contributed by atoms with Gasteiger partial charge in [-0.3, -0.25) is 0 Å². The Balaban J connectivity index is 2.67. The van der Waals surface area contributed by atoms with Crippen molar-refractivity contribution in [1.29, 1.82) is 0 Å². The van der Waals surface area contributed by atoms with Gasteiger partial charge in [0.25, 0.3) is 0 Å². The molecule has 0 heterocycles. The van der Waals surface area contributed by atoms with Crippen LogP contribution in [0.3, 0.4) is 0 Å². The first kappa shape index (κ1) is 16.6. The van der Waals surface area contributed by atoms with Crippen LogP contribution in [0, 0.1) is 0 Å². The first-order valence-corrected chi connectivity index (χ1v) is 6.14. The van der Waals surface area contributed by atoms with Crippen molar-refractivity contribution >= 4 is 23.3 Å². The predicted molar refractivity (Wildman–Crippen MR) is 72.0 cm³/mol. The number of benzene rings is 1. The lowest BCUT2D eigenvalue weighted by atomic mass is 10.2. The molecule has 0 saturated heterocycles. The van der Waals surface area contributed by atoms with Crippen molar-refractivity contribution in [2.75, 3.05) is 32.5 Å². The van der Waals surface area contributed by atoms with E-state index in [9.17, 15) is 18.0 Å². The van der Waals surface area contributed by atoms with Crippen molar-refractivity contribution in [3.8, 4) is 0 Å². The molecule has 20 heavy (non-hydrogen) atoms. The summed E-state index contributed by atoms with van der Waals surface area (Å²) in [6.07, 6.45) is -4.56. The topological polar surface area (TPSA) is 44.4 Å². The molecule has 0 spiro atoms. The maximum absolute atomic E-state index is 12.6. The maximum Gasteiger partial charge on any atom is 0.417 e. The van der Waals surface area contributed by atoms with Crippen LogP contribution in [0.2, 0.25) is 5.02 Å². The van der Waals surface area contributed by atoms with Crippen LogP contribution in [0.25, 0.3) is 0 Å². The van der Waals surface area contributed by atoms with Crippen LogP contribution in [-0.4, -0.2) is 38.1 Å². The van der Waals surface area contributed by atoms with Crippen molar-refractivity contribution in [3.05, 3.63) is 28.8 Å². The Morgan fingerprint density at radius 2 is 2.00 bits per heavy atom. The molecule has 0 aliphatic heterocycles. The molecule has 112 valence electrons. The number of hydrogen-bond acceptors (Lipinski definition) is 2. The highest BCUT2D eigenvalue weighted by atomic mass is 35.5. The molecule has 2 N–H and O–H groups in total. The summed E-state index contributed by atoms with van der Waals surface area (Å²) in [4.78, 5) is 13.4. The molecule has 0 aliphatic rings. The summed E-state index contributed by atoms with van der Waals surface area (Å²) < 4.78 is 37.9. The SMILES string of the molecule is CN(C)CCNC(=O)Nc1ccc(Cl)c(C(F)(F)F)c1. The monoisotopic (exact) mass is 309 g/mol. The van der Waals surface area contributed by atoms with Crippen molar-refractivity contribution < 1.29 is 18.0 Å². The first-order chi connectivity index (χ1) is 9.20. The van der Waals surface area contributed by atoms with Crippen LogP contribution in [0.5, 0.6) is 0 Å². The molecule has 8 heteroatoms. The summed E-state index contributed by atoms with van der Waals surface area (Å²) in [5.74, 6) is 0. The number of likely N-dealkylation sites (N-methyl/N-ethyl adjacent to an activating group) is 1. The highest BCUT2D eigenvalue weighted by molar-refractivity contribution is 6.31. The average molecular weight is 310 g/mol. The molecule has 4 nitrogen and oxygen atoms in total. The Bertz CT molecular complexity index is 478. The molecule has 0 unspecified atom stereocenters. The normalized spacial score (nSPS) is 11.6. The number of alkyl halides is 3. The number of amides is 2. The number of carbonyl (C=O) groups excluding carboxylic acids is 1. The first-order valence-electron chi connectivity index (χ1n) is 5.76. The standard InChI is InChI=1S/C12H15ClF3N3O/c1-19(2)6-5-17-11(20)18-8-3-4-10(13)9(7-8)12(14,15)16/h3-4,7H,5-6H2,1-2H3,(H2,17,18,20). The molecule has 0 saturated carbocycles. The molecular formula is C12H15ClF3N3O. The summed E-state index contributed by atoms with van der Waals surface area (Å²) in [6.45, 7) is 1.01. The van der Waals surface area contributed by atoms with Crippen LogP contribution in [0.4, 0.5) is 23.7 Å². The lowest BCUT2D eigenvalue weighted by Crippen LogP contribution is -2.34. The fourth-order valence-corrected chi connectivity index (χ4v) is 1.61. The molecular weight excluding hydrogens is 295 g/mol. The van der Waals surface area contributed by atoms with E-state index in [-0.39, 0.29) is 5.69 Å².